The Morgan fingerprint density at radius 3 is 2.39 bits per heavy atom. The molecular weight excluding hydrogens is 512 g/mol. The second-order valence-electron chi connectivity index (χ2n) is 7.99. The first-order valence-electron chi connectivity index (χ1n) is 11.4. The number of hydrogen-bond acceptors (Lipinski definition) is 11. The first-order valence-corrected chi connectivity index (χ1v) is 12.9. The summed E-state index contributed by atoms with van der Waals surface area (Å²) in [7, 11) is -3.90. The fourth-order valence-corrected chi connectivity index (χ4v) is 4.58. The van der Waals surface area contributed by atoms with E-state index in [-0.39, 0.29) is 40.5 Å². The van der Waals surface area contributed by atoms with Gasteiger partial charge in [0.05, 0.1) is 10.5 Å². The molecule has 0 unspecified atom stereocenters. The Balaban J connectivity index is 1.21. The topological polar surface area (TPSA) is 168 Å². The molecule has 1 aliphatic rings. The van der Waals surface area contributed by atoms with E-state index in [9.17, 15) is 13.2 Å². The van der Waals surface area contributed by atoms with Crippen molar-refractivity contribution >= 4 is 39.3 Å². The lowest BCUT2D eigenvalue weighted by molar-refractivity contribution is 0.0462. The third-order valence-corrected chi connectivity index (χ3v) is 6.64. The van der Waals surface area contributed by atoms with Crippen LogP contribution in [-0.4, -0.2) is 42.6 Å². The van der Waals surface area contributed by atoms with Crippen LogP contribution in [0.15, 0.2) is 77.7 Å². The molecule has 4 aromatic rings. The van der Waals surface area contributed by atoms with E-state index >= 15 is 0 Å². The number of nitrogens with zero attached hydrogens (tertiary/aromatic N) is 3. The van der Waals surface area contributed by atoms with Gasteiger partial charge in [-0.25, -0.2) is 13.2 Å². The highest BCUT2D eigenvalue weighted by Crippen LogP contribution is 2.32. The fraction of sp³-hybridized carbons (Fsp3) is 0.120. The number of nitrogens with two attached hydrogens (primary N) is 1. The molecule has 0 saturated heterocycles. The zero-order chi connectivity index (χ0) is 26.5. The molecule has 0 aliphatic carbocycles. The summed E-state index contributed by atoms with van der Waals surface area (Å²) in [6.07, 6.45) is 0. The minimum atomic E-state index is -3.90. The summed E-state index contributed by atoms with van der Waals surface area (Å²) in [4.78, 5) is 24.8. The van der Waals surface area contributed by atoms with Gasteiger partial charge in [0.15, 0.2) is 23.9 Å². The summed E-state index contributed by atoms with van der Waals surface area (Å²) >= 11 is 0. The van der Waals surface area contributed by atoms with Crippen molar-refractivity contribution < 1.29 is 27.4 Å². The Morgan fingerprint density at radius 1 is 0.895 bits per heavy atom. The average molecular weight is 535 g/mol. The van der Waals surface area contributed by atoms with Crippen molar-refractivity contribution in [3.63, 3.8) is 0 Å². The molecular formula is C25H22N6O6S. The van der Waals surface area contributed by atoms with Crippen LogP contribution in [0.5, 0.6) is 11.5 Å². The van der Waals surface area contributed by atoms with Crippen molar-refractivity contribution in [3.05, 3.63) is 84.2 Å². The molecule has 12 nitrogen and oxygen atoms in total. The minimum Gasteiger partial charge on any atom is -0.486 e. The molecule has 0 saturated carbocycles. The highest BCUT2D eigenvalue weighted by molar-refractivity contribution is 7.92. The Labute approximate surface area is 217 Å². The van der Waals surface area contributed by atoms with Crippen LogP contribution in [0.4, 0.5) is 23.3 Å². The number of esters is 1. The van der Waals surface area contributed by atoms with Gasteiger partial charge < -0.3 is 25.3 Å². The molecule has 1 aromatic heterocycles. The molecule has 2 heterocycles. The SMILES string of the molecule is Nc1nc(COC(=O)c2ccc(NS(=O)(=O)c3ccc4c(c3)OCCO4)cc2)nc(Nc2ccccc2)n1. The zero-order valence-electron chi connectivity index (χ0n) is 19.8. The second kappa shape index (κ2) is 10.6. The number of para-hydroxylation sites is 1. The van der Waals surface area contributed by atoms with Crippen molar-refractivity contribution in [2.75, 3.05) is 29.0 Å². The predicted octanol–water partition coefficient (Wildman–Crippen LogP) is 3.13. The number of nitrogen functional groups attached to an aromatic ring is 1. The summed E-state index contributed by atoms with van der Waals surface area (Å²) in [6, 6.07) is 19.4. The molecule has 3 aromatic carbocycles. The lowest BCUT2D eigenvalue weighted by Gasteiger charge is -2.19. The van der Waals surface area contributed by atoms with Crippen molar-refractivity contribution in [1.82, 2.24) is 15.0 Å². The van der Waals surface area contributed by atoms with Crippen LogP contribution in [0.1, 0.15) is 16.2 Å². The Morgan fingerprint density at radius 2 is 1.63 bits per heavy atom. The average Bonchev–Trinajstić information content (AvgIpc) is 2.92. The van der Waals surface area contributed by atoms with Gasteiger partial charge >= 0.3 is 5.97 Å². The van der Waals surface area contributed by atoms with Crippen LogP contribution in [-0.2, 0) is 21.4 Å². The van der Waals surface area contributed by atoms with Gasteiger partial charge in [-0.3, -0.25) is 4.72 Å². The number of benzene rings is 3. The van der Waals surface area contributed by atoms with Crippen molar-refractivity contribution in [2.45, 2.75) is 11.5 Å². The largest absolute Gasteiger partial charge is 0.486 e. The van der Waals surface area contributed by atoms with Crippen molar-refractivity contribution in [3.8, 4) is 11.5 Å². The van der Waals surface area contributed by atoms with Gasteiger partial charge in [0.1, 0.15) is 13.2 Å². The van der Waals surface area contributed by atoms with E-state index in [0.717, 1.165) is 5.69 Å². The van der Waals surface area contributed by atoms with Gasteiger partial charge in [-0.05, 0) is 48.5 Å². The number of hydrogen-bond donors (Lipinski definition) is 3. The normalized spacial score (nSPS) is 12.4. The van der Waals surface area contributed by atoms with Gasteiger partial charge in [0, 0.05) is 17.4 Å². The number of aromatic nitrogens is 3. The Kier molecular flexibility index (Phi) is 6.91. The third kappa shape index (κ3) is 5.90. The number of anilines is 4. The van der Waals surface area contributed by atoms with Crippen LogP contribution >= 0.6 is 0 Å². The van der Waals surface area contributed by atoms with Gasteiger partial charge in [0.25, 0.3) is 10.0 Å². The van der Waals surface area contributed by atoms with Crippen molar-refractivity contribution in [2.24, 2.45) is 0 Å². The molecule has 194 valence electrons. The summed E-state index contributed by atoms with van der Waals surface area (Å²) in [5.41, 5.74) is 6.98. The van der Waals surface area contributed by atoms with Crippen molar-refractivity contribution in [1.29, 1.82) is 0 Å². The first kappa shape index (κ1) is 24.8. The maximum Gasteiger partial charge on any atom is 0.338 e. The van der Waals surface area contributed by atoms with Crippen LogP contribution < -0.4 is 25.2 Å². The zero-order valence-corrected chi connectivity index (χ0v) is 20.6. The van der Waals surface area contributed by atoms with Crippen LogP contribution in [0.2, 0.25) is 0 Å². The number of carbonyl (C=O) groups excluding carboxylic acids is 1. The van der Waals surface area contributed by atoms with E-state index in [1.54, 1.807) is 6.07 Å². The molecule has 0 fully saturated rings. The lowest BCUT2D eigenvalue weighted by atomic mass is 10.2. The molecule has 38 heavy (non-hydrogen) atoms. The molecule has 5 rings (SSSR count). The summed E-state index contributed by atoms with van der Waals surface area (Å²) in [6.45, 7) is 0.504. The highest BCUT2D eigenvalue weighted by Gasteiger charge is 2.20. The minimum absolute atomic E-state index is 0.0167. The molecule has 4 N–H and O–H groups in total. The van der Waals surface area contributed by atoms with Gasteiger partial charge in [-0.1, -0.05) is 18.2 Å². The molecule has 0 spiro atoms. The fourth-order valence-electron chi connectivity index (χ4n) is 3.50. The quantitative estimate of drug-likeness (QED) is 0.284. The number of ether oxygens (including phenoxy) is 3. The highest BCUT2D eigenvalue weighted by atomic mass is 32.2. The summed E-state index contributed by atoms with van der Waals surface area (Å²) in [5.74, 6) is 0.543. The van der Waals surface area contributed by atoms with E-state index in [1.165, 1.54) is 36.4 Å². The monoisotopic (exact) mass is 534 g/mol. The number of carbonyl (C=O) groups is 1. The summed E-state index contributed by atoms with van der Waals surface area (Å²) in [5, 5.41) is 3.00. The number of nitrogens with one attached hydrogen (secondary N) is 2. The number of rotatable bonds is 8. The van der Waals surface area contributed by atoms with Gasteiger partial charge in [0.2, 0.25) is 11.9 Å². The van der Waals surface area contributed by atoms with E-state index in [1.807, 2.05) is 30.3 Å². The standard InChI is InChI=1S/C25H22N6O6S/c26-24-28-22(29-25(30-24)27-17-4-2-1-3-5-17)15-37-23(32)16-6-8-18(9-7-16)31-38(33,34)19-10-11-20-21(14-19)36-13-12-35-20/h1-11,14,31H,12-13,15H2,(H3,26,27,28,29,30). The molecule has 0 bridgehead atoms. The van der Waals surface area contributed by atoms with E-state index in [2.05, 4.69) is 25.0 Å². The van der Waals surface area contributed by atoms with Crippen LogP contribution in [0, 0.1) is 0 Å². The number of sulfonamides is 1. The smallest absolute Gasteiger partial charge is 0.338 e. The maximum atomic E-state index is 12.8. The first-order chi connectivity index (χ1) is 18.4. The third-order valence-electron chi connectivity index (χ3n) is 5.26. The molecule has 0 radical (unpaired) electrons. The molecule has 13 heteroatoms. The Bertz CT molecular complexity index is 1570. The lowest BCUT2D eigenvalue weighted by Crippen LogP contribution is -2.17. The molecule has 0 amide bonds. The van der Waals surface area contributed by atoms with Gasteiger partial charge in [-0.15, -0.1) is 0 Å². The van der Waals surface area contributed by atoms with E-state index < -0.39 is 16.0 Å². The van der Waals surface area contributed by atoms with Crippen LogP contribution in [0.3, 0.4) is 0 Å². The second-order valence-corrected chi connectivity index (χ2v) is 9.67. The van der Waals surface area contributed by atoms with E-state index in [4.69, 9.17) is 19.9 Å². The number of fused-ring (bicyclic) bond motifs is 1. The van der Waals surface area contributed by atoms with E-state index in [0.29, 0.717) is 24.7 Å². The predicted molar refractivity (Wildman–Crippen MR) is 138 cm³/mol. The molecule has 0 atom stereocenters. The van der Waals surface area contributed by atoms with Crippen LogP contribution in [0.25, 0.3) is 0 Å². The summed E-state index contributed by atoms with van der Waals surface area (Å²) < 4.78 is 44.3. The van der Waals surface area contributed by atoms with Gasteiger partial charge in [-0.2, -0.15) is 15.0 Å². The Hall–Kier alpha value is -4.91. The molecule has 1 aliphatic heterocycles. The maximum absolute atomic E-state index is 12.8.